The number of hydrogen-bond donors (Lipinski definition) is 3. The van der Waals surface area contributed by atoms with E-state index in [0.717, 1.165) is 17.0 Å². The Hall–Kier alpha value is -1.62. The summed E-state index contributed by atoms with van der Waals surface area (Å²) in [5.74, 6) is 0.260. The van der Waals surface area contributed by atoms with Crippen LogP contribution >= 0.6 is 11.8 Å². The highest BCUT2D eigenvalue weighted by Crippen LogP contribution is 2.28. The van der Waals surface area contributed by atoms with Gasteiger partial charge in [0.15, 0.2) is 5.84 Å². The summed E-state index contributed by atoms with van der Waals surface area (Å²) in [6, 6.07) is 10.2. The summed E-state index contributed by atoms with van der Waals surface area (Å²) in [5, 5.41) is 14.0. The number of amidine groups is 1. The number of thioether (sulfide) groups is 1. The third-order valence-corrected chi connectivity index (χ3v) is 3.92. The van der Waals surface area contributed by atoms with Crippen molar-refractivity contribution in [3.63, 3.8) is 0 Å². The number of nitrogens with two attached hydrogens (primary N) is 1. The van der Waals surface area contributed by atoms with E-state index in [1.807, 2.05) is 25.1 Å². The van der Waals surface area contributed by atoms with Gasteiger partial charge < -0.3 is 15.9 Å². The number of rotatable bonds is 4. The van der Waals surface area contributed by atoms with Crippen LogP contribution < -0.4 is 5.73 Å². The number of hydrogen-bond acceptors (Lipinski definition) is 3. The van der Waals surface area contributed by atoms with Gasteiger partial charge in [-0.05, 0) is 18.6 Å². The van der Waals surface area contributed by atoms with Gasteiger partial charge in [-0.25, -0.2) is 0 Å². The van der Waals surface area contributed by atoms with Crippen LogP contribution in [0.5, 0.6) is 0 Å². The maximum Gasteiger partial charge on any atom is 0.152 e. The second-order valence-corrected chi connectivity index (χ2v) is 5.01. The van der Waals surface area contributed by atoms with Gasteiger partial charge in [0.2, 0.25) is 0 Å². The molecule has 2 aromatic rings. The van der Waals surface area contributed by atoms with Gasteiger partial charge in [0, 0.05) is 10.9 Å². The number of nitrogens with zero attached hydrogens (tertiary/aromatic N) is 1. The predicted molar refractivity (Wildman–Crippen MR) is 71.6 cm³/mol. The van der Waals surface area contributed by atoms with Crippen LogP contribution in [0.3, 0.4) is 0 Å². The summed E-state index contributed by atoms with van der Waals surface area (Å²) < 4.78 is 0. The van der Waals surface area contributed by atoms with Crippen LogP contribution in [0.2, 0.25) is 0 Å². The number of H-pyrrole nitrogens is 1. The number of aromatic amines is 1. The van der Waals surface area contributed by atoms with Gasteiger partial charge in [-0.3, -0.25) is 0 Å². The molecule has 2 rings (SSSR count). The molecular weight excluding hydrogens is 234 g/mol. The molecule has 4 N–H and O–H groups in total. The second-order valence-electron chi connectivity index (χ2n) is 3.76. The average Bonchev–Trinajstić information content (AvgIpc) is 2.77. The Kier molecular flexibility index (Phi) is 3.58. The van der Waals surface area contributed by atoms with Crippen molar-refractivity contribution in [2.24, 2.45) is 10.9 Å². The summed E-state index contributed by atoms with van der Waals surface area (Å²) in [6.07, 6.45) is 0.815. The third kappa shape index (κ3) is 2.55. The fourth-order valence-corrected chi connectivity index (χ4v) is 2.69. The Morgan fingerprint density at radius 3 is 2.94 bits per heavy atom. The van der Waals surface area contributed by atoms with Gasteiger partial charge in [-0.15, -0.1) is 0 Å². The fourth-order valence-electron chi connectivity index (χ4n) is 1.68. The molecule has 0 aliphatic heterocycles. The van der Waals surface area contributed by atoms with Gasteiger partial charge in [-0.1, -0.05) is 42.0 Å². The molecule has 0 aliphatic rings. The molecule has 0 spiro atoms. The lowest BCUT2D eigenvalue weighted by molar-refractivity contribution is 0.317. The van der Waals surface area contributed by atoms with Gasteiger partial charge in [-0.2, -0.15) is 0 Å². The molecule has 1 atom stereocenters. The van der Waals surface area contributed by atoms with Gasteiger partial charge in [0.25, 0.3) is 0 Å². The van der Waals surface area contributed by atoms with E-state index in [1.165, 1.54) is 5.39 Å². The van der Waals surface area contributed by atoms with Gasteiger partial charge >= 0.3 is 0 Å². The maximum absolute atomic E-state index is 8.69. The van der Waals surface area contributed by atoms with Crippen molar-refractivity contribution >= 4 is 28.5 Å². The van der Waals surface area contributed by atoms with Crippen LogP contribution in [0.4, 0.5) is 0 Å². The summed E-state index contributed by atoms with van der Waals surface area (Å²) in [6.45, 7) is 2.01. The SMILES string of the molecule is CCC(Sc1cc2ccccc2[nH]1)C(N)=NO. The van der Waals surface area contributed by atoms with E-state index >= 15 is 0 Å². The van der Waals surface area contributed by atoms with E-state index in [4.69, 9.17) is 10.9 Å². The number of fused-ring (bicyclic) bond motifs is 1. The smallest absolute Gasteiger partial charge is 0.152 e. The van der Waals surface area contributed by atoms with Crippen molar-refractivity contribution < 1.29 is 5.21 Å². The van der Waals surface area contributed by atoms with Crippen LogP contribution in [0.15, 0.2) is 40.5 Å². The standard InChI is InChI=1S/C12H15N3OS/c1-2-10(12(13)15-16)17-11-7-8-5-3-4-6-9(8)14-11/h3-7,10,14,16H,2H2,1H3,(H2,13,15). The van der Waals surface area contributed by atoms with Crippen LogP contribution in [-0.2, 0) is 0 Å². The lowest BCUT2D eigenvalue weighted by Gasteiger charge is -2.10. The van der Waals surface area contributed by atoms with Crippen molar-refractivity contribution in [2.45, 2.75) is 23.6 Å². The molecule has 0 saturated heterocycles. The van der Waals surface area contributed by atoms with E-state index in [9.17, 15) is 0 Å². The van der Waals surface area contributed by atoms with Gasteiger partial charge in [0.05, 0.1) is 10.3 Å². The fraction of sp³-hybridized carbons (Fsp3) is 0.250. The molecule has 90 valence electrons. The zero-order chi connectivity index (χ0) is 12.3. The highest BCUT2D eigenvalue weighted by atomic mass is 32.2. The van der Waals surface area contributed by atoms with E-state index in [2.05, 4.69) is 22.3 Å². The Balaban J connectivity index is 2.22. The molecule has 1 heterocycles. The first-order valence-corrected chi connectivity index (χ1v) is 6.34. The van der Waals surface area contributed by atoms with E-state index < -0.39 is 0 Å². The molecular formula is C12H15N3OS. The molecule has 5 heteroatoms. The Morgan fingerprint density at radius 1 is 1.53 bits per heavy atom. The lowest BCUT2D eigenvalue weighted by atomic mass is 10.3. The Labute approximate surface area is 104 Å². The Bertz CT molecular complexity index is 502. The second kappa shape index (κ2) is 5.14. The molecule has 0 aliphatic carbocycles. The highest BCUT2D eigenvalue weighted by Gasteiger charge is 2.14. The van der Waals surface area contributed by atoms with Crippen molar-refractivity contribution in [3.05, 3.63) is 30.3 Å². The normalized spacial score (nSPS) is 14.1. The minimum Gasteiger partial charge on any atom is -0.409 e. The first-order valence-electron chi connectivity index (χ1n) is 5.46. The molecule has 17 heavy (non-hydrogen) atoms. The number of oxime groups is 1. The molecule has 1 aromatic carbocycles. The van der Waals surface area contributed by atoms with Crippen molar-refractivity contribution in [3.8, 4) is 0 Å². The van der Waals surface area contributed by atoms with Crippen molar-refractivity contribution in [1.29, 1.82) is 0 Å². The largest absolute Gasteiger partial charge is 0.409 e. The highest BCUT2D eigenvalue weighted by molar-refractivity contribution is 8.00. The van der Waals surface area contributed by atoms with E-state index in [1.54, 1.807) is 11.8 Å². The molecule has 1 unspecified atom stereocenters. The minimum atomic E-state index is -0.00642. The first-order chi connectivity index (χ1) is 8.24. The summed E-state index contributed by atoms with van der Waals surface area (Å²) >= 11 is 1.58. The van der Waals surface area contributed by atoms with Crippen LogP contribution in [-0.4, -0.2) is 21.3 Å². The van der Waals surface area contributed by atoms with Gasteiger partial charge in [0.1, 0.15) is 0 Å². The number of aromatic nitrogens is 1. The topological polar surface area (TPSA) is 74.4 Å². The predicted octanol–water partition coefficient (Wildman–Crippen LogP) is 2.78. The quantitative estimate of drug-likeness (QED) is 0.256. The minimum absolute atomic E-state index is 0.00642. The van der Waals surface area contributed by atoms with Crippen LogP contribution in [0.1, 0.15) is 13.3 Å². The number of benzene rings is 1. The zero-order valence-electron chi connectivity index (χ0n) is 9.55. The van der Waals surface area contributed by atoms with Crippen LogP contribution in [0.25, 0.3) is 10.9 Å². The first kappa shape index (κ1) is 11.9. The van der Waals surface area contributed by atoms with E-state index in [0.29, 0.717) is 0 Å². The number of nitrogens with one attached hydrogen (secondary N) is 1. The molecule has 4 nitrogen and oxygen atoms in total. The summed E-state index contributed by atoms with van der Waals surface area (Å²) in [5.41, 5.74) is 6.74. The molecule has 0 amide bonds. The summed E-state index contributed by atoms with van der Waals surface area (Å²) in [7, 11) is 0. The zero-order valence-corrected chi connectivity index (χ0v) is 10.4. The third-order valence-electron chi connectivity index (χ3n) is 2.59. The molecule has 1 aromatic heterocycles. The molecule has 0 fully saturated rings. The molecule has 0 radical (unpaired) electrons. The van der Waals surface area contributed by atoms with E-state index in [-0.39, 0.29) is 11.1 Å². The molecule has 0 saturated carbocycles. The number of para-hydroxylation sites is 1. The Morgan fingerprint density at radius 2 is 2.29 bits per heavy atom. The monoisotopic (exact) mass is 249 g/mol. The maximum atomic E-state index is 8.69. The molecule has 0 bridgehead atoms. The van der Waals surface area contributed by atoms with Crippen molar-refractivity contribution in [2.75, 3.05) is 0 Å². The lowest BCUT2D eigenvalue weighted by Crippen LogP contribution is -2.25. The summed E-state index contributed by atoms with van der Waals surface area (Å²) in [4.78, 5) is 3.31. The average molecular weight is 249 g/mol. The van der Waals surface area contributed by atoms with Crippen LogP contribution in [0, 0.1) is 0 Å². The van der Waals surface area contributed by atoms with Crippen molar-refractivity contribution in [1.82, 2.24) is 4.98 Å².